The average Bonchev–Trinajstić information content (AvgIpc) is 2.80. The average molecular weight is 318 g/mol. The van der Waals surface area contributed by atoms with Gasteiger partial charge >= 0.3 is 5.24 Å². The normalized spacial score (nSPS) is 14.7. The van der Waals surface area contributed by atoms with Crippen LogP contribution in [0.3, 0.4) is 0 Å². The van der Waals surface area contributed by atoms with Crippen molar-refractivity contribution in [3.05, 3.63) is 40.6 Å². The zero-order chi connectivity index (χ0) is 16.3. The molecule has 0 amide bonds. The third-order valence-electron chi connectivity index (χ3n) is 3.54. The van der Waals surface area contributed by atoms with E-state index >= 15 is 0 Å². The molecule has 0 heterocycles. The summed E-state index contributed by atoms with van der Waals surface area (Å²) in [4.78, 5) is 12.3. The highest BCUT2D eigenvalue weighted by Crippen LogP contribution is 2.34. The van der Waals surface area contributed by atoms with Gasteiger partial charge in [0.15, 0.2) is 5.78 Å². The van der Waals surface area contributed by atoms with E-state index in [1.807, 2.05) is 45.9 Å². The van der Waals surface area contributed by atoms with Gasteiger partial charge < -0.3 is 9.47 Å². The van der Waals surface area contributed by atoms with Crippen molar-refractivity contribution >= 4 is 28.8 Å². The molecule has 0 atom stereocenters. The number of rotatable bonds is 4. The fourth-order valence-corrected chi connectivity index (χ4v) is 2.57. The summed E-state index contributed by atoms with van der Waals surface area (Å²) in [5, 5.41) is 0.0983. The largest absolute Gasteiger partial charge is 0.456 e. The molecular formula is C18H22O3S. The Morgan fingerprint density at radius 2 is 2.00 bits per heavy atom. The maximum absolute atomic E-state index is 12.3. The molecule has 4 heteroatoms. The monoisotopic (exact) mass is 318 g/mol. The van der Waals surface area contributed by atoms with E-state index in [0.717, 1.165) is 16.7 Å². The van der Waals surface area contributed by atoms with Crippen LogP contribution < -0.4 is 0 Å². The topological polar surface area (TPSA) is 35.5 Å². The lowest BCUT2D eigenvalue weighted by Crippen LogP contribution is -2.11. The van der Waals surface area contributed by atoms with E-state index in [1.165, 1.54) is 0 Å². The first-order valence-corrected chi connectivity index (χ1v) is 7.98. The molecule has 0 saturated heterocycles. The van der Waals surface area contributed by atoms with Crippen LogP contribution in [-0.2, 0) is 14.3 Å². The highest BCUT2D eigenvalue weighted by atomic mass is 32.1. The van der Waals surface area contributed by atoms with Crippen molar-refractivity contribution in [3.8, 4) is 0 Å². The minimum absolute atomic E-state index is 0.0983. The molecule has 118 valence electrons. The molecule has 2 rings (SSSR count). The third-order valence-corrected chi connectivity index (χ3v) is 3.74. The molecule has 0 bridgehead atoms. The highest BCUT2D eigenvalue weighted by molar-refractivity contribution is 7.79. The highest BCUT2D eigenvalue weighted by Gasteiger charge is 2.28. The Kier molecular flexibility index (Phi) is 5.35. The number of carbonyl (C=O) groups excluding carboxylic acids is 1. The number of ketones is 1. The molecule has 0 N–H and O–H groups in total. The number of Topliss-reactive ketones (excluding diaryl/α,β-unsaturated/α-hetero) is 1. The molecule has 0 fully saturated rings. The lowest BCUT2D eigenvalue weighted by molar-refractivity contribution is -0.113. The van der Waals surface area contributed by atoms with E-state index in [1.54, 1.807) is 0 Å². The Hall–Kier alpha value is -1.68. The SMILES string of the molecule is Cc1ccc(C)c(C2=C(OC(=S)OCC(C)C)CCC2=O)c1. The van der Waals surface area contributed by atoms with Crippen LogP contribution in [-0.4, -0.2) is 17.6 Å². The van der Waals surface area contributed by atoms with Crippen LogP contribution in [0.5, 0.6) is 0 Å². The minimum Gasteiger partial charge on any atom is -0.456 e. The summed E-state index contributed by atoms with van der Waals surface area (Å²) in [6, 6.07) is 6.08. The maximum atomic E-state index is 12.3. The van der Waals surface area contributed by atoms with Gasteiger partial charge in [-0.1, -0.05) is 37.6 Å². The quantitative estimate of drug-likeness (QED) is 0.773. The van der Waals surface area contributed by atoms with Gasteiger partial charge in [-0.15, -0.1) is 0 Å². The minimum atomic E-state index is 0.0983. The second-order valence-electron chi connectivity index (χ2n) is 6.10. The van der Waals surface area contributed by atoms with Gasteiger partial charge in [0, 0.05) is 25.1 Å². The second-order valence-corrected chi connectivity index (χ2v) is 6.43. The van der Waals surface area contributed by atoms with Crippen molar-refractivity contribution in [2.24, 2.45) is 5.92 Å². The number of thiocarbonyl (C=S) groups is 1. The van der Waals surface area contributed by atoms with Crippen LogP contribution in [0.15, 0.2) is 24.0 Å². The van der Waals surface area contributed by atoms with Crippen molar-refractivity contribution in [3.63, 3.8) is 0 Å². The molecule has 1 aromatic rings. The first-order chi connectivity index (χ1) is 10.4. The number of aryl methyl sites for hydroxylation is 2. The molecule has 0 saturated carbocycles. The van der Waals surface area contributed by atoms with Gasteiger partial charge in [0.2, 0.25) is 0 Å². The van der Waals surface area contributed by atoms with E-state index < -0.39 is 0 Å². The van der Waals surface area contributed by atoms with Crippen LogP contribution >= 0.6 is 12.2 Å². The molecule has 22 heavy (non-hydrogen) atoms. The molecule has 0 radical (unpaired) electrons. The molecule has 1 aromatic carbocycles. The zero-order valence-corrected chi connectivity index (χ0v) is 14.4. The van der Waals surface area contributed by atoms with E-state index in [4.69, 9.17) is 21.7 Å². The van der Waals surface area contributed by atoms with Crippen LogP contribution in [0, 0.1) is 19.8 Å². The van der Waals surface area contributed by atoms with Crippen LogP contribution in [0.1, 0.15) is 43.4 Å². The van der Waals surface area contributed by atoms with Gasteiger partial charge in [-0.3, -0.25) is 4.79 Å². The number of hydrogen-bond acceptors (Lipinski definition) is 4. The van der Waals surface area contributed by atoms with E-state index in [-0.39, 0.29) is 11.0 Å². The number of benzene rings is 1. The summed E-state index contributed by atoms with van der Waals surface area (Å²) in [7, 11) is 0. The van der Waals surface area contributed by atoms with Crippen molar-refractivity contribution in [1.82, 2.24) is 0 Å². The molecule has 0 aromatic heterocycles. The Balaban J connectivity index is 2.26. The number of allylic oxidation sites excluding steroid dienone is 2. The van der Waals surface area contributed by atoms with Gasteiger partial charge in [-0.2, -0.15) is 0 Å². The summed E-state index contributed by atoms with van der Waals surface area (Å²) in [5.74, 6) is 1.11. The third kappa shape index (κ3) is 3.95. The molecule has 0 unspecified atom stereocenters. The molecule has 1 aliphatic carbocycles. The van der Waals surface area contributed by atoms with Gasteiger partial charge in [0.05, 0.1) is 12.2 Å². The lowest BCUT2D eigenvalue weighted by atomic mass is 9.97. The lowest BCUT2D eigenvalue weighted by Gasteiger charge is -2.13. The van der Waals surface area contributed by atoms with Crippen molar-refractivity contribution < 1.29 is 14.3 Å². The Labute approximate surface area is 137 Å². The second kappa shape index (κ2) is 7.05. The fraction of sp³-hybridized carbons (Fsp3) is 0.444. The van der Waals surface area contributed by atoms with Crippen molar-refractivity contribution in [1.29, 1.82) is 0 Å². The Morgan fingerprint density at radius 3 is 2.68 bits per heavy atom. The van der Waals surface area contributed by atoms with Crippen molar-refractivity contribution in [2.45, 2.75) is 40.5 Å². The van der Waals surface area contributed by atoms with Crippen LogP contribution in [0.2, 0.25) is 0 Å². The van der Waals surface area contributed by atoms with Crippen molar-refractivity contribution in [2.75, 3.05) is 6.61 Å². The van der Waals surface area contributed by atoms with E-state index in [9.17, 15) is 4.79 Å². The van der Waals surface area contributed by atoms with E-state index in [0.29, 0.717) is 36.7 Å². The summed E-state index contributed by atoms with van der Waals surface area (Å²) in [5.41, 5.74) is 3.76. The predicted molar refractivity (Wildman–Crippen MR) is 91.6 cm³/mol. The zero-order valence-electron chi connectivity index (χ0n) is 13.6. The summed E-state index contributed by atoms with van der Waals surface area (Å²) < 4.78 is 11.1. The maximum Gasteiger partial charge on any atom is 0.357 e. The molecule has 0 spiro atoms. The Bertz CT molecular complexity index is 629. The van der Waals surface area contributed by atoms with Gasteiger partial charge in [-0.25, -0.2) is 0 Å². The summed E-state index contributed by atoms with van der Waals surface area (Å²) >= 11 is 5.12. The standard InChI is InChI=1S/C18H22O3S/c1-11(2)10-20-18(22)21-16-8-7-15(19)17(16)14-9-12(3)5-6-13(14)4/h5-6,9,11H,7-8,10H2,1-4H3. The number of ether oxygens (including phenoxy) is 2. The molecular weight excluding hydrogens is 296 g/mol. The van der Waals surface area contributed by atoms with Crippen LogP contribution in [0.25, 0.3) is 5.57 Å². The van der Waals surface area contributed by atoms with E-state index in [2.05, 4.69) is 0 Å². The Morgan fingerprint density at radius 1 is 1.27 bits per heavy atom. The fourth-order valence-electron chi connectivity index (χ4n) is 2.40. The number of carbonyl (C=O) groups is 1. The van der Waals surface area contributed by atoms with Gasteiger partial charge in [0.25, 0.3) is 0 Å². The van der Waals surface area contributed by atoms with Gasteiger partial charge in [-0.05, 0) is 30.9 Å². The molecule has 1 aliphatic rings. The van der Waals surface area contributed by atoms with Gasteiger partial charge in [0.1, 0.15) is 5.76 Å². The smallest absolute Gasteiger partial charge is 0.357 e. The first kappa shape index (κ1) is 16.7. The first-order valence-electron chi connectivity index (χ1n) is 7.57. The summed E-state index contributed by atoms with van der Waals surface area (Å²) in [6.45, 7) is 8.61. The molecule has 3 nitrogen and oxygen atoms in total. The van der Waals surface area contributed by atoms with Crippen LogP contribution in [0.4, 0.5) is 0 Å². The predicted octanol–water partition coefficient (Wildman–Crippen LogP) is 4.35. The summed E-state index contributed by atoms with van der Waals surface area (Å²) in [6.07, 6.45) is 1.04. The molecule has 0 aliphatic heterocycles. The number of hydrogen-bond donors (Lipinski definition) is 0.